The van der Waals surface area contributed by atoms with Gasteiger partial charge in [-0.15, -0.1) is 47.9 Å². The van der Waals surface area contributed by atoms with Crippen LogP contribution in [-0.4, -0.2) is 30.0 Å². The molecule has 1 amide bonds. The van der Waals surface area contributed by atoms with Crippen LogP contribution in [0.25, 0.3) is 0 Å². The van der Waals surface area contributed by atoms with Crippen LogP contribution in [0.5, 0.6) is 0 Å². The molecule has 0 radical (unpaired) electrons. The molecule has 1 aliphatic rings. The first kappa shape index (κ1) is 22.3. The summed E-state index contributed by atoms with van der Waals surface area (Å²) in [6.07, 6.45) is 2.16. The maximum Gasteiger partial charge on any atom is 0.252 e. The molecule has 2 N–H and O–H groups in total. The molecule has 0 saturated carbocycles. The van der Waals surface area contributed by atoms with E-state index in [-0.39, 0.29) is 36.8 Å². The standard InChI is InChI=1S/C17H21N3OS2.2ClH/c1-12-19-14(10-22-12)11-23-16-7-3-2-6-15(16)17(21)20-13-5-4-8-18-9-13;;/h2-3,6-7,10,13,18H,4-5,8-9,11H2,1H3,(H,20,21);2*1H/t13-;;/m0../s1. The van der Waals surface area contributed by atoms with E-state index in [1.807, 2.05) is 31.2 Å². The fraction of sp³-hybridized carbons (Fsp3) is 0.412. The van der Waals surface area contributed by atoms with Gasteiger partial charge in [0.2, 0.25) is 0 Å². The van der Waals surface area contributed by atoms with E-state index in [0.717, 1.165) is 52.8 Å². The Morgan fingerprint density at radius 2 is 2.20 bits per heavy atom. The molecule has 2 heterocycles. The SMILES string of the molecule is Cc1nc(CSc2ccccc2C(=O)N[C@H]2CCCNC2)cs1.Cl.Cl. The van der Waals surface area contributed by atoms with Gasteiger partial charge in [-0.2, -0.15) is 0 Å². The van der Waals surface area contributed by atoms with Gasteiger partial charge in [0.05, 0.1) is 16.3 Å². The molecule has 0 aliphatic carbocycles. The molecule has 8 heteroatoms. The third kappa shape index (κ3) is 6.46. The number of nitrogens with zero attached hydrogens (tertiary/aromatic N) is 1. The predicted octanol–water partition coefficient (Wildman–Crippen LogP) is 4.07. The van der Waals surface area contributed by atoms with Gasteiger partial charge >= 0.3 is 0 Å². The number of hydrogen-bond donors (Lipinski definition) is 2. The number of piperidine rings is 1. The number of thiazole rings is 1. The molecule has 3 rings (SSSR count). The molecule has 1 fully saturated rings. The number of thioether (sulfide) groups is 1. The van der Waals surface area contributed by atoms with E-state index in [0.29, 0.717) is 0 Å². The highest BCUT2D eigenvalue weighted by Gasteiger charge is 2.18. The minimum absolute atomic E-state index is 0. The summed E-state index contributed by atoms with van der Waals surface area (Å²) in [5.41, 5.74) is 1.83. The van der Waals surface area contributed by atoms with Crippen molar-refractivity contribution in [3.8, 4) is 0 Å². The largest absolute Gasteiger partial charge is 0.348 e. The Labute approximate surface area is 169 Å². The van der Waals surface area contributed by atoms with Gasteiger partial charge in [0.1, 0.15) is 0 Å². The molecule has 0 spiro atoms. The zero-order valence-corrected chi connectivity index (χ0v) is 17.3. The third-order valence-electron chi connectivity index (χ3n) is 3.81. The molecule has 1 aromatic heterocycles. The molecule has 0 bridgehead atoms. The Hall–Kier alpha value is -0.790. The summed E-state index contributed by atoms with van der Waals surface area (Å²) >= 11 is 3.33. The summed E-state index contributed by atoms with van der Waals surface area (Å²) in [6, 6.07) is 8.05. The third-order valence-corrected chi connectivity index (χ3v) is 5.74. The molecule has 1 atom stereocenters. The lowest BCUT2D eigenvalue weighted by molar-refractivity contribution is 0.0927. The zero-order valence-electron chi connectivity index (χ0n) is 14.0. The van der Waals surface area contributed by atoms with Gasteiger partial charge in [-0.1, -0.05) is 12.1 Å². The fourth-order valence-corrected chi connectivity index (χ4v) is 4.30. The molecule has 1 saturated heterocycles. The minimum atomic E-state index is 0. The number of aryl methyl sites for hydroxylation is 1. The molecule has 4 nitrogen and oxygen atoms in total. The van der Waals surface area contributed by atoms with Gasteiger partial charge in [-0.3, -0.25) is 4.79 Å². The summed E-state index contributed by atoms with van der Waals surface area (Å²) in [4.78, 5) is 18.1. The van der Waals surface area contributed by atoms with Crippen molar-refractivity contribution in [2.24, 2.45) is 0 Å². The van der Waals surface area contributed by atoms with Crippen LogP contribution in [0.1, 0.15) is 33.9 Å². The lowest BCUT2D eigenvalue weighted by atomic mass is 10.1. The van der Waals surface area contributed by atoms with E-state index in [2.05, 4.69) is 21.0 Å². The van der Waals surface area contributed by atoms with E-state index >= 15 is 0 Å². The second-order valence-corrected chi connectivity index (χ2v) is 7.74. The first-order chi connectivity index (χ1) is 11.2. The van der Waals surface area contributed by atoms with Crippen LogP contribution in [0.2, 0.25) is 0 Å². The zero-order chi connectivity index (χ0) is 16.1. The molecule has 1 aromatic carbocycles. The fourth-order valence-electron chi connectivity index (χ4n) is 2.64. The summed E-state index contributed by atoms with van der Waals surface area (Å²) in [5, 5.41) is 9.64. The van der Waals surface area contributed by atoms with Gasteiger partial charge in [0.15, 0.2) is 0 Å². The maximum absolute atomic E-state index is 12.6. The number of halogens is 2. The highest BCUT2D eigenvalue weighted by Crippen LogP contribution is 2.27. The molecular weight excluding hydrogens is 397 g/mol. The van der Waals surface area contributed by atoms with Crippen molar-refractivity contribution < 1.29 is 4.79 Å². The van der Waals surface area contributed by atoms with Crippen molar-refractivity contribution in [3.63, 3.8) is 0 Å². The number of aromatic nitrogens is 1. The highest BCUT2D eigenvalue weighted by molar-refractivity contribution is 7.98. The highest BCUT2D eigenvalue weighted by atomic mass is 35.5. The second-order valence-electron chi connectivity index (χ2n) is 5.66. The number of rotatable bonds is 5. The van der Waals surface area contributed by atoms with Crippen LogP contribution in [0, 0.1) is 6.92 Å². The lowest BCUT2D eigenvalue weighted by Crippen LogP contribution is -2.45. The molecular formula is C17H23Cl2N3OS2. The number of nitrogens with one attached hydrogen (secondary N) is 2. The number of amides is 1. The van der Waals surface area contributed by atoms with Crippen LogP contribution in [0.3, 0.4) is 0 Å². The predicted molar refractivity (Wildman–Crippen MR) is 111 cm³/mol. The number of benzene rings is 1. The van der Waals surface area contributed by atoms with Crippen molar-refractivity contribution in [2.75, 3.05) is 13.1 Å². The van der Waals surface area contributed by atoms with Crippen LogP contribution in [0.15, 0.2) is 34.5 Å². The maximum atomic E-state index is 12.6. The van der Waals surface area contributed by atoms with Crippen molar-refractivity contribution in [1.29, 1.82) is 0 Å². The first-order valence-corrected chi connectivity index (χ1v) is 9.73. The molecule has 1 aliphatic heterocycles. The van der Waals surface area contributed by atoms with Gasteiger partial charge < -0.3 is 10.6 Å². The average molecular weight is 420 g/mol. The monoisotopic (exact) mass is 419 g/mol. The van der Waals surface area contributed by atoms with Gasteiger partial charge in [0, 0.05) is 28.6 Å². The lowest BCUT2D eigenvalue weighted by Gasteiger charge is -2.24. The van der Waals surface area contributed by atoms with Gasteiger partial charge in [0.25, 0.3) is 5.91 Å². The Morgan fingerprint density at radius 1 is 1.40 bits per heavy atom. The van der Waals surface area contributed by atoms with E-state index in [9.17, 15) is 4.79 Å². The topological polar surface area (TPSA) is 54.0 Å². The van der Waals surface area contributed by atoms with E-state index < -0.39 is 0 Å². The van der Waals surface area contributed by atoms with Crippen LogP contribution < -0.4 is 10.6 Å². The number of carbonyl (C=O) groups excluding carboxylic acids is 1. The molecule has 2 aromatic rings. The Morgan fingerprint density at radius 3 is 2.88 bits per heavy atom. The molecule has 0 unspecified atom stereocenters. The Kier molecular flexibility index (Phi) is 9.82. The first-order valence-electron chi connectivity index (χ1n) is 7.87. The number of carbonyl (C=O) groups is 1. The summed E-state index contributed by atoms with van der Waals surface area (Å²) in [6.45, 7) is 3.92. The van der Waals surface area contributed by atoms with Gasteiger partial charge in [-0.05, 0) is 38.4 Å². The summed E-state index contributed by atoms with van der Waals surface area (Å²) in [5.74, 6) is 0.816. The molecule has 138 valence electrons. The van der Waals surface area contributed by atoms with Crippen molar-refractivity contribution in [2.45, 2.75) is 36.5 Å². The van der Waals surface area contributed by atoms with E-state index in [4.69, 9.17) is 0 Å². The van der Waals surface area contributed by atoms with E-state index in [1.165, 1.54) is 0 Å². The average Bonchev–Trinajstić information content (AvgIpc) is 2.99. The second kappa shape index (κ2) is 11.0. The normalized spacial score (nSPS) is 16.4. The van der Waals surface area contributed by atoms with Crippen molar-refractivity contribution in [1.82, 2.24) is 15.6 Å². The Balaban J connectivity index is 0.00000156. The summed E-state index contributed by atoms with van der Waals surface area (Å²) in [7, 11) is 0. The van der Waals surface area contributed by atoms with Crippen molar-refractivity contribution in [3.05, 3.63) is 45.9 Å². The smallest absolute Gasteiger partial charge is 0.252 e. The quantitative estimate of drug-likeness (QED) is 0.716. The van der Waals surface area contributed by atoms with Crippen LogP contribution in [-0.2, 0) is 5.75 Å². The minimum Gasteiger partial charge on any atom is -0.348 e. The number of hydrogen-bond acceptors (Lipinski definition) is 5. The van der Waals surface area contributed by atoms with Gasteiger partial charge in [-0.25, -0.2) is 4.98 Å². The molecule has 25 heavy (non-hydrogen) atoms. The van der Waals surface area contributed by atoms with Crippen molar-refractivity contribution >= 4 is 53.8 Å². The van der Waals surface area contributed by atoms with Crippen LogP contribution in [0.4, 0.5) is 0 Å². The summed E-state index contributed by atoms with van der Waals surface area (Å²) < 4.78 is 0. The Bertz CT molecular complexity index is 675. The van der Waals surface area contributed by atoms with E-state index in [1.54, 1.807) is 23.1 Å². The van der Waals surface area contributed by atoms with Crippen LogP contribution >= 0.6 is 47.9 Å².